The number of carbonyl (C=O) groups is 1. The zero-order valence-electron chi connectivity index (χ0n) is 8.49. The maximum absolute atomic E-state index is 11.8. The molecule has 1 amide bonds. The van der Waals surface area contributed by atoms with Crippen LogP contribution in [0.1, 0.15) is 29.4 Å². The molecule has 0 N–H and O–H groups in total. The molecule has 14 heavy (non-hydrogen) atoms. The number of amides is 1. The van der Waals surface area contributed by atoms with E-state index in [0.717, 1.165) is 29.2 Å². The Morgan fingerprint density at radius 1 is 1.64 bits per heavy atom. The first-order valence-electron chi connectivity index (χ1n) is 4.68. The first-order chi connectivity index (χ1) is 6.65. The number of nitrogens with zero attached hydrogens (tertiary/aromatic N) is 1. The van der Waals surface area contributed by atoms with Gasteiger partial charge in [-0.1, -0.05) is 13.3 Å². The fourth-order valence-electron chi connectivity index (χ4n) is 1.12. The topological polar surface area (TPSA) is 20.3 Å². The van der Waals surface area contributed by atoms with Gasteiger partial charge in [-0.2, -0.15) is 0 Å². The lowest BCUT2D eigenvalue weighted by atomic mass is 10.3. The van der Waals surface area contributed by atoms with Crippen molar-refractivity contribution in [3.63, 3.8) is 0 Å². The Hall–Kier alpha value is -0.480. The van der Waals surface area contributed by atoms with Crippen molar-refractivity contribution >= 4 is 29.9 Å². The Bertz CT molecular complexity index is 309. The van der Waals surface area contributed by atoms with Gasteiger partial charge >= 0.3 is 0 Å². The summed E-state index contributed by atoms with van der Waals surface area (Å²) in [5, 5.41) is 1.88. The van der Waals surface area contributed by atoms with Crippen LogP contribution in [-0.2, 0) is 0 Å². The van der Waals surface area contributed by atoms with Crippen molar-refractivity contribution in [3.05, 3.63) is 16.3 Å². The third kappa shape index (κ3) is 3.03. The molecule has 78 valence electrons. The highest BCUT2D eigenvalue weighted by Crippen LogP contribution is 2.18. The maximum atomic E-state index is 11.8. The van der Waals surface area contributed by atoms with Gasteiger partial charge in [0.05, 0.1) is 4.88 Å². The van der Waals surface area contributed by atoms with Gasteiger partial charge in [0.2, 0.25) is 0 Å². The van der Waals surface area contributed by atoms with E-state index < -0.39 is 0 Å². The second-order valence-electron chi connectivity index (χ2n) is 3.25. The van der Waals surface area contributed by atoms with E-state index in [1.807, 2.05) is 18.5 Å². The predicted molar refractivity (Wildman–Crippen MR) is 63.4 cm³/mol. The quantitative estimate of drug-likeness (QED) is 0.787. The van der Waals surface area contributed by atoms with Crippen LogP contribution in [0.25, 0.3) is 0 Å². The first-order valence-corrected chi connectivity index (χ1v) is 6.00. The summed E-state index contributed by atoms with van der Waals surface area (Å²) in [5.41, 5.74) is 0. The normalized spacial score (nSPS) is 10.2. The van der Waals surface area contributed by atoms with E-state index in [1.54, 1.807) is 4.90 Å². The van der Waals surface area contributed by atoms with Gasteiger partial charge in [-0.15, -0.1) is 24.0 Å². The standard InChI is InChI=1S/C10H15NOS2/c1-3-4-5-11(2)10(12)9-6-8(13)7-14-9/h6-7,13H,3-5H2,1-2H3. The lowest BCUT2D eigenvalue weighted by Gasteiger charge is -2.15. The molecule has 1 rings (SSSR count). The summed E-state index contributed by atoms with van der Waals surface area (Å²) in [6, 6.07) is 1.82. The number of thiophene rings is 1. The summed E-state index contributed by atoms with van der Waals surface area (Å²) in [4.78, 5) is 15.2. The number of rotatable bonds is 4. The molecule has 0 saturated heterocycles. The van der Waals surface area contributed by atoms with Crippen molar-refractivity contribution in [1.29, 1.82) is 0 Å². The second-order valence-corrected chi connectivity index (χ2v) is 4.68. The molecule has 0 unspecified atom stereocenters. The van der Waals surface area contributed by atoms with Crippen LogP contribution in [0.5, 0.6) is 0 Å². The number of hydrogen-bond donors (Lipinski definition) is 1. The zero-order valence-corrected chi connectivity index (χ0v) is 10.2. The van der Waals surface area contributed by atoms with E-state index in [4.69, 9.17) is 0 Å². The Morgan fingerprint density at radius 2 is 2.36 bits per heavy atom. The molecule has 0 atom stereocenters. The zero-order chi connectivity index (χ0) is 10.6. The fraction of sp³-hybridized carbons (Fsp3) is 0.500. The maximum Gasteiger partial charge on any atom is 0.263 e. The highest BCUT2D eigenvalue weighted by atomic mass is 32.1. The molecule has 0 saturated carbocycles. The highest BCUT2D eigenvalue weighted by molar-refractivity contribution is 7.80. The van der Waals surface area contributed by atoms with Crippen LogP contribution in [0, 0.1) is 0 Å². The molecule has 0 aliphatic heterocycles. The van der Waals surface area contributed by atoms with Crippen molar-refractivity contribution in [2.45, 2.75) is 24.7 Å². The molecule has 0 aromatic carbocycles. The van der Waals surface area contributed by atoms with Gasteiger partial charge in [0, 0.05) is 23.9 Å². The SMILES string of the molecule is CCCCN(C)C(=O)c1cc(S)cs1. The van der Waals surface area contributed by atoms with Gasteiger partial charge in [-0.05, 0) is 12.5 Å². The van der Waals surface area contributed by atoms with Gasteiger partial charge in [0.15, 0.2) is 0 Å². The number of carbonyl (C=O) groups excluding carboxylic acids is 1. The molecule has 1 aromatic heterocycles. The minimum Gasteiger partial charge on any atom is -0.341 e. The summed E-state index contributed by atoms with van der Waals surface area (Å²) >= 11 is 5.63. The molecular formula is C10H15NOS2. The van der Waals surface area contributed by atoms with E-state index in [9.17, 15) is 4.79 Å². The summed E-state index contributed by atoms with van der Waals surface area (Å²) in [5.74, 6) is 0.101. The summed E-state index contributed by atoms with van der Waals surface area (Å²) in [6.07, 6.45) is 2.17. The average molecular weight is 229 g/mol. The third-order valence-electron chi connectivity index (χ3n) is 1.99. The number of hydrogen-bond acceptors (Lipinski definition) is 3. The van der Waals surface area contributed by atoms with Crippen LogP contribution in [0.15, 0.2) is 16.3 Å². The van der Waals surface area contributed by atoms with Crippen molar-refractivity contribution in [2.24, 2.45) is 0 Å². The van der Waals surface area contributed by atoms with E-state index in [1.165, 1.54) is 11.3 Å². The van der Waals surface area contributed by atoms with Crippen molar-refractivity contribution in [2.75, 3.05) is 13.6 Å². The molecule has 0 aliphatic carbocycles. The monoisotopic (exact) mass is 229 g/mol. The lowest BCUT2D eigenvalue weighted by molar-refractivity contribution is 0.0798. The van der Waals surface area contributed by atoms with Gasteiger partial charge in [-0.3, -0.25) is 4.79 Å². The van der Waals surface area contributed by atoms with Crippen LogP contribution in [0.4, 0.5) is 0 Å². The molecule has 4 heteroatoms. The minimum atomic E-state index is 0.101. The van der Waals surface area contributed by atoms with Crippen molar-refractivity contribution < 1.29 is 4.79 Å². The van der Waals surface area contributed by atoms with Gasteiger partial charge in [0.1, 0.15) is 0 Å². The largest absolute Gasteiger partial charge is 0.341 e. The van der Waals surface area contributed by atoms with E-state index >= 15 is 0 Å². The Kier molecular flexibility index (Phi) is 4.48. The molecule has 0 spiro atoms. The van der Waals surface area contributed by atoms with Crippen LogP contribution in [-0.4, -0.2) is 24.4 Å². The summed E-state index contributed by atoms with van der Waals surface area (Å²) in [7, 11) is 1.84. The molecule has 2 nitrogen and oxygen atoms in total. The molecule has 1 heterocycles. The van der Waals surface area contributed by atoms with Gasteiger partial charge < -0.3 is 4.90 Å². The van der Waals surface area contributed by atoms with E-state index in [2.05, 4.69) is 19.6 Å². The van der Waals surface area contributed by atoms with Crippen molar-refractivity contribution in [3.8, 4) is 0 Å². The summed E-state index contributed by atoms with van der Waals surface area (Å²) < 4.78 is 0. The Labute approximate surface area is 94.3 Å². The third-order valence-corrected chi connectivity index (χ3v) is 3.34. The molecule has 0 aliphatic rings. The summed E-state index contributed by atoms with van der Waals surface area (Å²) in [6.45, 7) is 2.95. The van der Waals surface area contributed by atoms with E-state index in [0.29, 0.717) is 0 Å². The molecule has 0 bridgehead atoms. The van der Waals surface area contributed by atoms with E-state index in [-0.39, 0.29) is 5.91 Å². The number of unbranched alkanes of at least 4 members (excludes halogenated alkanes) is 1. The molecule has 0 radical (unpaired) electrons. The van der Waals surface area contributed by atoms with Crippen LogP contribution < -0.4 is 0 Å². The second kappa shape index (κ2) is 5.41. The Balaban J connectivity index is 2.56. The molecule has 0 fully saturated rings. The smallest absolute Gasteiger partial charge is 0.263 e. The van der Waals surface area contributed by atoms with Crippen LogP contribution in [0.2, 0.25) is 0 Å². The van der Waals surface area contributed by atoms with Crippen LogP contribution >= 0.6 is 24.0 Å². The Morgan fingerprint density at radius 3 is 2.86 bits per heavy atom. The first kappa shape index (κ1) is 11.6. The fourth-order valence-corrected chi connectivity index (χ4v) is 2.27. The van der Waals surface area contributed by atoms with Gasteiger partial charge in [0.25, 0.3) is 5.91 Å². The molecular weight excluding hydrogens is 214 g/mol. The molecule has 1 aromatic rings. The lowest BCUT2D eigenvalue weighted by Crippen LogP contribution is -2.26. The van der Waals surface area contributed by atoms with Crippen LogP contribution in [0.3, 0.4) is 0 Å². The van der Waals surface area contributed by atoms with Gasteiger partial charge in [-0.25, -0.2) is 0 Å². The van der Waals surface area contributed by atoms with Crippen molar-refractivity contribution in [1.82, 2.24) is 4.90 Å². The highest BCUT2D eigenvalue weighted by Gasteiger charge is 2.12. The minimum absolute atomic E-state index is 0.101. The predicted octanol–water partition coefficient (Wildman–Crippen LogP) is 2.91. The number of thiol groups is 1. The average Bonchev–Trinajstić information content (AvgIpc) is 2.60.